The molecular weight excluding hydrogens is 536 g/mol. The van der Waals surface area contributed by atoms with Crippen molar-refractivity contribution in [3.63, 3.8) is 0 Å². The summed E-state index contributed by atoms with van der Waals surface area (Å²) in [5.41, 5.74) is 0.687. The standard InChI is InChI=1S/C26H29F2N3O5S2/c1-16(2)31-15-22(24(32)23(17(31)3)19-7-6-8-20(13-19)25(27)28)26(33)29-14-18-9-11-21(12-10-18)37(4,34)30-38(5,35)36/h6-13,15-16,25H,14H2,1-5H3,(H,29,33). The van der Waals surface area contributed by atoms with Gasteiger partial charge in [-0.3, -0.25) is 9.59 Å². The minimum Gasteiger partial charge on any atom is -0.348 e. The first-order chi connectivity index (χ1) is 17.6. The third-order valence-corrected chi connectivity index (χ3v) is 9.18. The first-order valence-corrected chi connectivity index (χ1v) is 15.3. The summed E-state index contributed by atoms with van der Waals surface area (Å²) < 4.78 is 67.2. The van der Waals surface area contributed by atoms with Crippen molar-refractivity contribution in [1.29, 1.82) is 0 Å². The molecule has 0 fully saturated rings. The van der Waals surface area contributed by atoms with Crippen LogP contribution in [0.2, 0.25) is 0 Å². The summed E-state index contributed by atoms with van der Waals surface area (Å²) in [6.07, 6.45) is 0.831. The molecule has 3 rings (SSSR count). The number of halogens is 2. The van der Waals surface area contributed by atoms with E-state index in [4.69, 9.17) is 0 Å². The molecule has 0 radical (unpaired) electrons. The molecule has 1 unspecified atom stereocenters. The topological polar surface area (TPSA) is 115 Å². The fraction of sp³-hybridized carbons (Fsp3) is 0.308. The number of hydrogen-bond acceptors (Lipinski definition) is 5. The van der Waals surface area contributed by atoms with Gasteiger partial charge >= 0.3 is 0 Å². The van der Waals surface area contributed by atoms with E-state index in [0.717, 1.165) is 6.26 Å². The molecular formula is C26H29F2N3O5S2. The Labute approximate surface area is 221 Å². The average Bonchev–Trinajstić information content (AvgIpc) is 2.81. The molecule has 0 spiro atoms. The second-order valence-electron chi connectivity index (χ2n) is 9.20. The Bertz CT molecular complexity index is 1660. The summed E-state index contributed by atoms with van der Waals surface area (Å²) >= 11 is 0. The predicted molar refractivity (Wildman–Crippen MR) is 143 cm³/mol. The number of carbonyl (C=O) groups excluding carboxylic acids is 1. The number of rotatable bonds is 8. The number of aromatic nitrogens is 1. The van der Waals surface area contributed by atoms with Gasteiger partial charge in [-0.15, -0.1) is 3.77 Å². The molecule has 0 aliphatic rings. The highest BCUT2D eigenvalue weighted by molar-refractivity contribution is 8.02. The Hall–Kier alpha value is -3.38. The Morgan fingerprint density at radius 2 is 1.68 bits per heavy atom. The minimum atomic E-state index is -3.82. The highest BCUT2D eigenvalue weighted by atomic mass is 32.3. The molecule has 1 atom stereocenters. The molecule has 3 aromatic rings. The Morgan fingerprint density at radius 3 is 2.24 bits per heavy atom. The van der Waals surface area contributed by atoms with Crippen molar-refractivity contribution in [2.75, 3.05) is 12.5 Å². The number of carbonyl (C=O) groups is 1. The van der Waals surface area contributed by atoms with Gasteiger partial charge in [-0.05, 0) is 50.1 Å². The van der Waals surface area contributed by atoms with Crippen LogP contribution in [0.4, 0.5) is 8.78 Å². The van der Waals surface area contributed by atoms with E-state index < -0.39 is 37.5 Å². The Morgan fingerprint density at radius 1 is 1.05 bits per heavy atom. The molecule has 1 N–H and O–H groups in total. The van der Waals surface area contributed by atoms with E-state index in [9.17, 15) is 31.0 Å². The number of nitrogens with zero attached hydrogens (tertiary/aromatic N) is 2. The van der Waals surface area contributed by atoms with Crippen molar-refractivity contribution < 1.29 is 26.2 Å². The molecule has 204 valence electrons. The van der Waals surface area contributed by atoms with Crippen LogP contribution in [0.5, 0.6) is 0 Å². The van der Waals surface area contributed by atoms with Crippen molar-refractivity contribution in [2.24, 2.45) is 3.77 Å². The average molecular weight is 566 g/mol. The summed E-state index contributed by atoms with van der Waals surface area (Å²) in [4.78, 5) is 26.7. The van der Waals surface area contributed by atoms with Crippen molar-refractivity contribution in [2.45, 2.75) is 44.7 Å². The van der Waals surface area contributed by atoms with Gasteiger partial charge < -0.3 is 9.88 Å². The second kappa shape index (κ2) is 11.2. The monoisotopic (exact) mass is 565 g/mol. The van der Waals surface area contributed by atoms with E-state index in [1.54, 1.807) is 29.7 Å². The summed E-state index contributed by atoms with van der Waals surface area (Å²) in [6, 6.07) is 11.5. The first-order valence-electron chi connectivity index (χ1n) is 11.6. The van der Waals surface area contributed by atoms with Crippen LogP contribution in [0.25, 0.3) is 11.1 Å². The predicted octanol–water partition coefficient (Wildman–Crippen LogP) is 4.69. The van der Waals surface area contributed by atoms with Crippen LogP contribution < -0.4 is 10.7 Å². The van der Waals surface area contributed by atoms with Gasteiger partial charge in [0.2, 0.25) is 5.43 Å². The summed E-state index contributed by atoms with van der Waals surface area (Å²) in [7, 11) is -6.98. The fourth-order valence-electron chi connectivity index (χ4n) is 4.03. The molecule has 1 amide bonds. The normalized spacial score (nSPS) is 13.4. The van der Waals surface area contributed by atoms with Gasteiger partial charge in [-0.25, -0.2) is 21.4 Å². The molecule has 0 saturated heterocycles. The fourth-order valence-corrected chi connectivity index (χ4v) is 7.08. The highest BCUT2D eigenvalue weighted by Crippen LogP contribution is 2.27. The van der Waals surface area contributed by atoms with Crippen molar-refractivity contribution in [1.82, 2.24) is 9.88 Å². The molecule has 1 heterocycles. The van der Waals surface area contributed by atoms with Crippen LogP contribution in [0.3, 0.4) is 0 Å². The van der Waals surface area contributed by atoms with Crippen molar-refractivity contribution in [3.05, 3.63) is 87.3 Å². The van der Waals surface area contributed by atoms with Gasteiger partial charge in [-0.1, -0.05) is 30.3 Å². The van der Waals surface area contributed by atoms with E-state index in [1.165, 1.54) is 42.8 Å². The van der Waals surface area contributed by atoms with Gasteiger partial charge in [0.1, 0.15) is 5.56 Å². The molecule has 38 heavy (non-hydrogen) atoms. The number of benzene rings is 2. The number of alkyl halides is 2. The lowest BCUT2D eigenvalue weighted by molar-refractivity contribution is 0.0949. The Balaban J connectivity index is 1.94. The smallest absolute Gasteiger partial charge is 0.263 e. The zero-order valence-corrected chi connectivity index (χ0v) is 23.2. The summed E-state index contributed by atoms with van der Waals surface area (Å²) in [5.74, 6) is -0.647. The number of hydrogen-bond donors (Lipinski definition) is 1. The maximum Gasteiger partial charge on any atom is 0.263 e. The maximum absolute atomic E-state index is 13.4. The molecule has 2 aromatic carbocycles. The molecule has 0 aliphatic heterocycles. The van der Waals surface area contributed by atoms with E-state index in [0.29, 0.717) is 16.8 Å². The molecule has 0 bridgehead atoms. The van der Waals surface area contributed by atoms with Gasteiger partial charge in [0.15, 0.2) is 0 Å². The summed E-state index contributed by atoms with van der Waals surface area (Å²) in [5, 5.41) is 2.68. The first kappa shape index (κ1) is 29.2. The van der Waals surface area contributed by atoms with Crippen LogP contribution >= 0.6 is 0 Å². The molecule has 0 aliphatic carbocycles. The molecule has 1 aromatic heterocycles. The van der Waals surface area contributed by atoms with E-state index >= 15 is 0 Å². The van der Waals surface area contributed by atoms with Crippen LogP contribution in [0.15, 0.2) is 68.2 Å². The second-order valence-corrected chi connectivity index (χ2v) is 13.3. The molecule has 12 heteroatoms. The van der Waals surface area contributed by atoms with E-state index in [1.807, 2.05) is 13.8 Å². The SMILES string of the molecule is Cc1c(-c2cccc(C(F)F)c2)c(=O)c(C(=O)NCc2ccc(S(C)(=O)=NS(C)(=O)=O)cc2)cn1C(C)C. The third kappa shape index (κ3) is 6.73. The Kier molecular flexibility index (Phi) is 8.57. The number of amides is 1. The van der Waals surface area contributed by atoms with Crippen LogP contribution in [0.1, 0.15) is 53.5 Å². The maximum atomic E-state index is 13.4. The van der Waals surface area contributed by atoms with Crippen molar-refractivity contribution in [3.8, 4) is 11.1 Å². The van der Waals surface area contributed by atoms with Crippen molar-refractivity contribution >= 4 is 25.7 Å². The van der Waals surface area contributed by atoms with Crippen LogP contribution in [0, 0.1) is 6.92 Å². The lowest BCUT2D eigenvalue weighted by atomic mass is 9.98. The van der Waals surface area contributed by atoms with Gasteiger partial charge in [0.05, 0.1) is 16.0 Å². The lowest BCUT2D eigenvalue weighted by Crippen LogP contribution is -2.31. The molecule has 8 nitrogen and oxygen atoms in total. The lowest BCUT2D eigenvalue weighted by Gasteiger charge is -2.20. The zero-order chi connectivity index (χ0) is 28.4. The van der Waals surface area contributed by atoms with Gasteiger partial charge in [-0.2, -0.15) is 0 Å². The number of sulfonamides is 1. The van der Waals surface area contributed by atoms with Crippen LogP contribution in [-0.2, 0) is 26.3 Å². The van der Waals surface area contributed by atoms with Gasteiger partial charge in [0.25, 0.3) is 22.4 Å². The van der Waals surface area contributed by atoms with E-state index in [-0.39, 0.29) is 34.2 Å². The highest BCUT2D eigenvalue weighted by Gasteiger charge is 2.21. The zero-order valence-electron chi connectivity index (χ0n) is 21.6. The molecule has 0 saturated carbocycles. The number of pyridine rings is 1. The quantitative estimate of drug-likeness (QED) is 0.426. The van der Waals surface area contributed by atoms with Gasteiger partial charge in [0, 0.05) is 46.8 Å². The number of nitrogens with one attached hydrogen (secondary N) is 1. The largest absolute Gasteiger partial charge is 0.348 e. The minimum absolute atomic E-state index is 0.0262. The van der Waals surface area contributed by atoms with Crippen LogP contribution in [-0.4, -0.2) is 35.6 Å². The third-order valence-electron chi connectivity index (χ3n) is 5.81. The summed E-state index contributed by atoms with van der Waals surface area (Å²) in [6.45, 7) is 5.49. The van der Waals surface area contributed by atoms with E-state index in [2.05, 4.69) is 9.08 Å².